The van der Waals surface area contributed by atoms with Crippen LogP contribution in [0.25, 0.3) is 0 Å². The van der Waals surface area contributed by atoms with E-state index in [0.29, 0.717) is 35.7 Å². The average molecular weight is 418 g/mol. The summed E-state index contributed by atoms with van der Waals surface area (Å²) in [5.41, 5.74) is 0. The summed E-state index contributed by atoms with van der Waals surface area (Å²) in [5.74, 6) is 2.17. The molecule has 3 rings (SSSR count). The predicted octanol–water partition coefficient (Wildman–Crippen LogP) is 1.73. The molecule has 0 aliphatic carbocycles. The van der Waals surface area contributed by atoms with Crippen molar-refractivity contribution in [2.45, 2.75) is 11.1 Å². The third-order valence-corrected chi connectivity index (χ3v) is 6.88. The fraction of sp³-hybridized carbons (Fsp3) is 0.467. The van der Waals surface area contributed by atoms with E-state index in [1.165, 1.54) is 6.07 Å². The standard InChI is InChI=1S/C15H20ClN5O3S2/c1-11-19-13(10-14(20-11)21-6-8-24-9-7-21)17-4-5-18-26(22,23)15-3-2-12(16)25-15/h2-3,10,18H,4-9H2,1H3,(H,17,19,20). The Morgan fingerprint density at radius 1 is 1.27 bits per heavy atom. The van der Waals surface area contributed by atoms with Crippen LogP contribution in [0.15, 0.2) is 22.4 Å². The first-order valence-electron chi connectivity index (χ1n) is 8.11. The SMILES string of the molecule is Cc1nc(NCCNS(=O)(=O)c2ccc(Cl)s2)cc(N2CCOCC2)n1. The second kappa shape index (κ2) is 8.49. The molecule has 1 aliphatic rings. The second-order valence-electron chi connectivity index (χ2n) is 5.64. The van der Waals surface area contributed by atoms with Gasteiger partial charge in [0.15, 0.2) is 0 Å². The summed E-state index contributed by atoms with van der Waals surface area (Å²) in [6.07, 6.45) is 0. The lowest BCUT2D eigenvalue weighted by molar-refractivity contribution is 0.122. The largest absolute Gasteiger partial charge is 0.378 e. The Morgan fingerprint density at radius 3 is 2.73 bits per heavy atom. The molecule has 0 saturated carbocycles. The van der Waals surface area contributed by atoms with Crippen molar-refractivity contribution in [1.82, 2.24) is 14.7 Å². The lowest BCUT2D eigenvalue weighted by atomic mass is 10.4. The lowest BCUT2D eigenvalue weighted by Crippen LogP contribution is -2.37. The molecular weight excluding hydrogens is 398 g/mol. The molecule has 2 N–H and O–H groups in total. The highest BCUT2D eigenvalue weighted by molar-refractivity contribution is 7.91. The van der Waals surface area contributed by atoms with Gasteiger partial charge in [-0.3, -0.25) is 0 Å². The molecule has 11 heteroatoms. The zero-order valence-corrected chi connectivity index (χ0v) is 16.6. The van der Waals surface area contributed by atoms with Gasteiger partial charge in [0, 0.05) is 32.2 Å². The number of hydrogen-bond acceptors (Lipinski definition) is 8. The van der Waals surface area contributed by atoms with Gasteiger partial charge in [-0.15, -0.1) is 11.3 Å². The van der Waals surface area contributed by atoms with E-state index in [0.717, 1.165) is 30.2 Å². The molecule has 0 amide bonds. The van der Waals surface area contributed by atoms with Gasteiger partial charge in [0.05, 0.1) is 17.6 Å². The summed E-state index contributed by atoms with van der Waals surface area (Å²) in [6, 6.07) is 4.92. The number of aromatic nitrogens is 2. The van der Waals surface area contributed by atoms with Crippen LogP contribution in [0, 0.1) is 6.92 Å². The highest BCUT2D eigenvalue weighted by Crippen LogP contribution is 2.25. The number of hydrogen-bond donors (Lipinski definition) is 2. The third-order valence-electron chi connectivity index (χ3n) is 3.70. The van der Waals surface area contributed by atoms with Crippen LogP contribution in [0.4, 0.5) is 11.6 Å². The Bertz CT molecular complexity index is 853. The summed E-state index contributed by atoms with van der Waals surface area (Å²) in [6.45, 7) is 5.41. The molecule has 2 aromatic rings. The van der Waals surface area contributed by atoms with E-state index in [1.807, 2.05) is 13.0 Å². The molecule has 142 valence electrons. The van der Waals surface area contributed by atoms with E-state index in [9.17, 15) is 8.42 Å². The average Bonchev–Trinajstić information content (AvgIpc) is 3.07. The number of anilines is 2. The van der Waals surface area contributed by atoms with Crippen LogP contribution >= 0.6 is 22.9 Å². The van der Waals surface area contributed by atoms with Gasteiger partial charge >= 0.3 is 0 Å². The summed E-state index contributed by atoms with van der Waals surface area (Å²) >= 11 is 6.82. The van der Waals surface area contributed by atoms with Crippen molar-refractivity contribution in [2.75, 3.05) is 49.6 Å². The Kier molecular flexibility index (Phi) is 6.30. The summed E-state index contributed by atoms with van der Waals surface area (Å²) in [7, 11) is -3.54. The Labute approximate surface area is 161 Å². The Balaban J connectivity index is 1.55. The number of nitrogens with one attached hydrogen (secondary N) is 2. The first kappa shape index (κ1) is 19.3. The van der Waals surface area contributed by atoms with Crippen molar-refractivity contribution in [3.05, 3.63) is 28.4 Å². The number of aryl methyl sites for hydroxylation is 1. The normalized spacial score (nSPS) is 15.2. The summed E-state index contributed by atoms with van der Waals surface area (Å²) in [4.78, 5) is 11.0. The molecule has 0 radical (unpaired) electrons. The fourth-order valence-electron chi connectivity index (χ4n) is 2.49. The van der Waals surface area contributed by atoms with Crippen molar-refractivity contribution in [1.29, 1.82) is 0 Å². The maximum atomic E-state index is 12.1. The van der Waals surface area contributed by atoms with Crippen LogP contribution in [-0.4, -0.2) is 57.8 Å². The minimum Gasteiger partial charge on any atom is -0.378 e. The van der Waals surface area contributed by atoms with Crippen molar-refractivity contribution in [3.63, 3.8) is 0 Å². The molecule has 2 aromatic heterocycles. The number of halogens is 1. The van der Waals surface area contributed by atoms with Crippen LogP contribution < -0.4 is 14.9 Å². The van der Waals surface area contributed by atoms with Crippen LogP contribution in [-0.2, 0) is 14.8 Å². The molecule has 0 aromatic carbocycles. The second-order valence-corrected chi connectivity index (χ2v) is 9.35. The van der Waals surface area contributed by atoms with Crippen LogP contribution in [0.3, 0.4) is 0 Å². The molecule has 0 bridgehead atoms. The van der Waals surface area contributed by atoms with Gasteiger partial charge < -0.3 is 15.0 Å². The van der Waals surface area contributed by atoms with Gasteiger partial charge in [0.2, 0.25) is 10.0 Å². The topological polar surface area (TPSA) is 96.5 Å². The molecule has 26 heavy (non-hydrogen) atoms. The molecule has 1 aliphatic heterocycles. The van der Waals surface area contributed by atoms with Gasteiger partial charge in [0.1, 0.15) is 21.7 Å². The minimum atomic E-state index is -3.54. The molecule has 1 fully saturated rings. The van der Waals surface area contributed by atoms with Gasteiger partial charge in [0.25, 0.3) is 0 Å². The Hall–Kier alpha value is -1.46. The summed E-state index contributed by atoms with van der Waals surface area (Å²) < 4.78 is 32.8. The van der Waals surface area contributed by atoms with Crippen molar-refractivity contribution >= 4 is 44.6 Å². The lowest BCUT2D eigenvalue weighted by Gasteiger charge is -2.28. The molecule has 0 atom stereocenters. The minimum absolute atomic E-state index is 0.204. The number of morpholine rings is 1. The van der Waals surface area contributed by atoms with E-state index in [1.54, 1.807) is 6.07 Å². The number of thiophene rings is 1. The molecule has 1 saturated heterocycles. The third kappa shape index (κ3) is 5.04. The van der Waals surface area contributed by atoms with Crippen LogP contribution in [0.5, 0.6) is 0 Å². The van der Waals surface area contributed by atoms with Gasteiger partial charge in [-0.25, -0.2) is 23.1 Å². The first-order chi connectivity index (χ1) is 12.4. The molecule has 0 unspecified atom stereocenters. The van der Waals surface area contributed by atoms with E-state index in [2.05, 4.69) is 24.9 Å². The zero-order chi connectivity index (χ0) is 18.6. The highest BCUT2D eigenvalue weighted by Gasteiger charge is 2.16. The van der Waals surface area contributed by atoms with Crippen LogP contribution in [0.2, 0.25) is 4.34 Å². The quantitative estimate of drug-likeness (QED) is 0.662. The van der Waals surface area contributed by atoms with E-state index < -0.39 is 10.0 Å². The maximum absolute atomic E-state index is 12.1. The monoisotopic (exact) mass is 417 g/mol. The predicted molar refractivity (Wildman–Crippen MR) is 103 cm³/mol. The van der Waals surface area contributed by atoms with Gasteiger partial charge in [-0.05, 0) is 19.1 Å². The number of rotatable bonds is 7. The molecule has 0 spiro atoms. The number of sulfonamides is 1. The van der Waals surface area contributed by atoms with E-state index in [-0.39, 0.29) is 10.8 Å². The summed E-state index contributed by atoms with van der Waals surface area (Å²) in [5, 5.41) is 3.14. The maximum Gasteiger partial charge on any atom is 0.250 e. The molecular formula is C15H20ClN5O3S2. The van der Waals surface area contributed by atoms with E-state index in [4.69, 9.17) is 16.3 Å². The van der Waals surface area contributed by atoms with Gasteiger partial charge in [-0.1, -0.05) is 11.6 Å². The smallest absolute Gasteiger partial charge is 0.250 e. The van der Waals surface area contributed by atoms with Crippen molar-refractivity contribution in [3.8, 4) is 0 Å². The fourth-order valence-corrected chi connectivity index (χ4v) is 5.05. The first-order valence-corrected chi connectivity index (χ1v) is 10.8. The molecule has 8 nitrogen and oxygen atoms in total. The van der Waals surface area contributed by atoms with Gasteiger partial charge in [-0.2, -0.15) is 0 Å². The highest BCUT2D eigenvalue weighted by atomic mass is 35.5. The van der Waals surface area contributed by atoms with Crippen molar-refractivity contribution in [2.24, 2.45) is 0 Å². The Morgan fingerprint density at radius 2 is 2.04 bits per heavy atom. The number of ether oxygens (including phenoxy) is 1. The zero-order valence-electron chi connectivity index (χ0n) is 14.2. The van der Waals surface area contributed by atoms with Crippen molar-refractivity contribution < 1.29 is 13.2 Å². The van der Waals surface area contributed by atoms with Crippen LogP contribution in [0.1, 0.15) is 5.82 Å². The number of nitrogens with zero attached hydrogens (tertiary/aromatic N) is 3. The van der Waals surface area contributed by atoms with E-state index >= 15 is 0 Å². The molecule has 3 heterocycles.